The number of rotatable bonds is 6. The lowest BCUT2D eigenvalue weighted by molar-refractivity contribution is 0.438. The molecule has 0 aromatic heterocycles. The first-order chi connectivity index (χ1) is 6.22. The van der Waals surface area contributed by atoms with E-state index in [-0.39, 0.29) is 6.04 Å². The first kappa shape index (κ1) is 11.8. The predicted octanol–water partition coefficient (Wildman–Crippen LogP) is 1.46. The van der Waals surface area contributed by atoms with Crippen LogP contribution in [-0.4, -0.2) is 24.7 Å². The highest BCUT2D eigenvalue weighted by Crippen LogP contribution is 2.12. The Bertz CT molecular complexity index is 228. The van der Waals surface area contributed by atoms with Gasteiger partial charge in [0.1, 0.15) is 0 Å². The number of isocyanates is 2. The summed E-state index contributed by atoms with van der Waals surface area (Å²) >= 11 is 0. The monoisotopic (exact) mass is 182 g/mol. The zero-order valence-electron chi connectivity index (χ0n) is 7.99. The summed E-state index contributed by atoms with van der Waals surface area (Å²) in [6, 6.07) is -0.00212. The lowest BCUT2D eigenvalue weighted by Gasteiger charge is -2.12. The third-order valence-electron chi connectivity index (χ3n) is 2.07. The van der Waals surface area contributed by atoms with Crippen LogP contribution in [0.15, 0.2) is 9.98 Å². The lowest BCUT2D eigenvalue weighted by atomic mass is 9.99. The minimum Gasteiger partial charge on any atom is -0.211 e. The number of hydrogen-bond acceptors (Lipinski definition) is 4. The highest BCUT2D eigenvalue weighted by Gasteiger charge is 2.09. The van der Waals surface area contributed by atoms with Crippen LogP contribution in [0.5, 0.6) is 0 Å². The Morgan fingerprint density at radius 3 is 2.46 bits per heavy atom. The van der Waals surface area contributed by atoms with Gasteiger partial charge in [-0.05, 0) is 25.7 Å². The third kappa shape index (κ3) is 5.97. The Balaban J connectivity index is 3.66. The van der Waals surface area contributed by atoms with Crippen LogP contribution in [0.2, 0.25) is 0 Å². The average molecular weight is 182 g/mol. The van der Waals surface area contributed by atoms with Crippen molar-refractivity contribution >= 4 is 12.2 Å². The fraction of sp³-hybridized carbons (Fsp3) is 0.778. The summed E-state index contributed by atoms with van der Waals surface area (Å²) in [5.41, 5.74) is 0. The molecule has 0 amide bonds. The van der Waals surface area contributed by atoms with E-state index in [1.807, 2.05) is 13.8 Å². The molecule has 0 bridgehead atoms. The normalized spacial score (nSPS) is 13.7. The molecule has 0 rings (SSSR count). The smallest absolute Gasteiger partial charge is 0.211 e. The molecule has 0 saturated carbocycles. The first-order valence-corrected chi connectivity index (χ1v) is 4.33. The van der Waals surface area contributed by atoms with E-state index in [1.54, 1.807) is 0 Å². The second-order valence-electron chi connectivity index (χ2n) is 3.05. The van der Waals surface area contributed by atoms with Crippen molar-refractivity contribution in [2.75, 3.05) is 6.54 Å². The van der Waals surface area contributed by atoms with E-state index in [0.29, 0.717) is 12.5 Å². The molecule has 0 aromatic rings. The third-order valence-corrected chi connectivity index (χ3v) is 2.07. The van der Waals surface area contributed by atoms with E-state index in [4.69, 9.17) is 0 Å². The van der Waals surface area contributed by atoms with Crippen molar-refractivity contribution in [3.63, 3.8) is 0 Å². The second-order valence-corrected chi connectivity index (χ2v) is 3.05. The van der Waals surface area contributed by atoms with Crippen molar-refractivity contribution in [3.05, 3.63) is 0 Å². The van der Waals surface area contributed by atoms with Crippen molar-refractivity contribution in [1.29, 1.82) is 0 Å². The molecule has 72 valence electrons. The maximum absolute atomic E-state index is 9.93. The van der Waals surface area contributed by atoms with Gasteiger partial charge in [0.25, 0.3) is 0 Å². The van der Waals surface area contributed by atoms with Gasteiger partial charge < -0.3 is 0 Å². The number of carbonyl (C=O) groups excluding carboxylic acids is 2. The van der Waals surface area contributed by atoms with Crippen molar-refractivity contribution in [1.82, 2.24) is 0 Å². The predicted molar refractivity (Wildman–Crippen MR) is 49.0 cm³/mol. The summed E-state index contributed by atoms with van der Waals surface area (Å²) in [4.78, 5) is 26.7. The summed E-state index contributed by atoms with van der Waals surface area (Å²) in [6.07, 6.45) is 4.75. The van der Waals surface area contributed by atoms with E-state index < -0.39 is 0 Å². The number of nitrogens with zero attached hydrogens (tertiary/aromatic N) is 2. The minimum absolute atomic E-state index is 0.00212. The summed E-state index contributed by atoms with van der Waals surface area (Å²) in [5.74, 6) is 0.323. The maximum atomic E-state index is 9.93. The molecule has 0 spiro atoms. The van der Waals surface area contributed by atoms with Crippen molar-refractivity contribution in [2.45, 2.75) is 32.7 Å². The van der Waals surface area contributed by atoms with Gasteiger partial charge in [-0.15, -0.1) is 0 Å². The van der Waals surface area contributed by atoms with Gasteiger partial charge in [0.05, 0.1) is 12.6 Å². The van der Waals surface area contributed by atoms with E-state index in [0.717, 1.165) is 12.8 Å². The first-order valence-electron chi connectivity index (χ1n) is 4.33. The zero-order chi connectivity index (χ0) is 10.1. The van der Waals surface area contributed by atoms with Crippen molar-refractivity contribution < 1.29 is 9.59 Å². The van der Waals surface area contributed by atoms with Gasteiger partial charge in [-0.3, -0.25) is 0 Å². The molecule has 0 fully saturated rings. The molecule has 4 heteroatoms. The maximum Gasteiger partial charge on any atom is 0.235 e. The molecule has 0 heterocycles. The van der Waals surface area contributed by atoms with Crippen molar-refractivity contribution in [2.24, 2.45) is 15.9 Å². The Morgan fingerprint density at radius 2 is 1.92 bits per heavy atom. The zero-order valence-corrected chi connectivity index (χ0v) is 7.99. The molecular formula is C9H14N2O2. The quantitative estimate of drug-likeness (QED) is 0.354. The standard InChI is InChI=1S/C9H14N2O2/c1-8(9(2)11-7-13)4-3-5-10-6-12/h8-9H,3-5H2,1-2H3. The Hall–Kier alpha value is -1.24. The van der Waals surface area contributed by atoms with Gasteiger partial charge in [-0.1, -0.05) is 6.92 Å². The highest BCUT2D eigenvalue weighted by atomic mass is 16.1. The lowest BCUT2D eigenvalue weighted by Crippen LogP contribution is -2.11. The van der Waals surface area contributed by atoms with Crippen LogP contribution in [-0.2, 0) is 9.59 Å². The van der Waals surface area contributed by atoms with Gasteiger partial charge in [0, 0.05) is 0 Å². The van der Waals surface area contributed by atoms with Crippen LogP contribution in [0.3, 0.4) is 0 Å². The molecule has 0 N–H and O–H groups in total. The van der Waals surface area contributed by atoms with Gasteiger partial charge in [-0.2, -0.15) is 0 Å². The summed E-state index contributed by atoms with van der Waals surface area (Å²) in [5, 5.41) is 0. The summed E-state index contributed by atoms with van der Waals surface area (Å²) < 4.78 is 0. The molecule has 0 aliphatic heterocycles. The van der Waals surface area contributed by atoms with Crippen molar-refractivity contribution in [3.8, 4) is 0 Å². The molecule has 4 nitrogen and oxygen atoms in total. The fourth-order valence-corrected chi connectivity index (χ4v) is 0.990. The SMILES string of the molecule is CC(CCCN=C=O)C(C)N=C=O. The average Bonchev–Trinajstić information content (AvgIpc) is 2.12. The fourth-order valence-electron chi connectivity index (χ4n) is 0.990. The molecule has 13 heavy (non-hydrogen) atoms. The molecular weight excluding hydrogens is 168 g/mol. The van der Waals surface area contributed by atoms with Gasteiger partial charge in [0.15, 0.2) is 0 Å². The van der Waals surface area contributed by atoms with Crippen LogP contribution in [0.1, 0.15) is 26.7 Å². The second kappa shape index (κ2) is 7.41. The van der Waals surface area contributed by atoms with Crippen LogP contribution >= 0.6 is 0 Å². The molecule has 0 aromatic carbocycles. The molecule has 0 radical (unpaired) electrons. The van der Waals surface area contributed by atoms with Crippen LogP contribution in [0.25, 0.3) is 0 Å². The van der Waals surface area contributed by atoms with E-state index >= 15 is 0 Å². The van der Waals surface area contributed by atoms with Gasteiger partial charge in [0.2, 0.25) is 12.2 Å². The van der Waals surface area contributed by atoms with Gasteiger partial charge >= 0.3 is 0 Å². The Labute approximate surface area is 77.8 Å². The number of aliphatic imine (C=N–C) groups is 2. The van der Waals surface area contributed by atoms with Crippen LogP contribution in [0.4, 0.5) is 0 Å². The molecule has 0 saturated heterocycles. The minimum atomic E-state index is -0.00212. The molecule has 2 atom stereocenters. The summed E-state index contributed by atoms with van der Waals surface area (Å²) in [7, 11) is 0. The van der Waals surface area contributed by atoms with Crippen LogP contribution < -0.4 is 0 Å². The van der Waals surface area contributed by atoms with Crippen LogP contribution in [0, 0.1) is 5.92 Å². The highest BCUT2D eigenvalue weighted by molar-refractivity contribution is 5.33. The number of hydrogen-bond donors (Lipinski definition) is 0. The molecule has 2 unspecified atom stereocenters. The van der Waals surface area contributed by atoms with E-state index in [9.17, 15) is 9.59 Å². The van der Waals surface area contributed by atoms with Gasteiger partial charge in [-0.25, -0.2) is 19.6 Å². The molecule has 0 aliphatic rings. The topological polar surface area (TPSA) is 58.9 Å². The summed E-state index contributed by atoms with van der Waals surface area (Å²) in [6.45, 7) is 4.39. The Morgan fingerprint density at radius 1 is 1.23 bits per heavy atom. The van der Waals surface area contributed by atoms with E-state index in [1.165, 1.54) is 12.2 Å². The Kier molecular flexibility index (Phi) is 6.70. The van der Waals surface area contributed by atoms with E-state index in [2.05, 4.69) is 9.98 Å². The molecule has 0 aliphatic carbocycles. The largest absolute Gasteiger partial charge is 0.235 e.